The molecule has 1 N–H and O–H groups in total. The average Bonchev–Trinajstić information content (AvgIpc) is 3.07. The van der Waals surface area contributed by atoms with Gasteiger partial charge < -0.3 is 0 Å². The van der Waals surface area contributed by atoms with Gasteiger partial charge in [-0.2, -0.15) is 5.10 Å². The molecule has 0 bridgehead atoms. The standard InChI is InChI=1S/C17H15N5OS/c1-9-4-5-13-14(6-9)24-17(19-13)20-16(23)11-7-12-10(2)21-22(3)15(12)18-8-11/h4-8H,1-3H3,(H,19,20,23). The number of carbonyl (C=O) groups excluding carboxylic acids is 1. The molecule has 0 unspecified atom stereocenters. The molecule has 0 aliphatic carbocycles. The van der Waals surface area contributed by atoms with E-state index in [0.717, 1.165) is 26.9 Å². The molecule has 0 fully saturated rings. The van der Waals surface area contributed by atoms with Crippen LogP contribution >= 0.6 is 11.3 Å². The first-order chi connectivity index (χ1) is 11.5. The van der Waals surface area contributed by atoms with Crippen molar-refractivity contribution in [3.05, 3.63) is 47.3 Å². The van der Waals surface area contributed by atoms with Crippen LogP contribution in [0.3, 0.4) is 0 Å². The predicted molar refractivity (Wildman–Crippen MR) is 95.6 cm³/mol. The number of fused-ring (bicyclic) bond motifs is 2. The Labute approximate surface area is 142 Å². The van der Waals surface area contributed by atoms with Crippen LogP contribution in [0.15, 0.2) is 30.5 Å². The van der Waals surface area contributed by atoms with E-state index in [9.17, 15) is 4.79 Å². The summed E-state index contributed by atoms with van der Waals surface area (Å²) >= 11 is 1.47. The Kier molecular flexibility index (Phi) is 3.31. The molecule has 0 saturated heterocycles. The highest BCUT2D eigenvalue weighted by molar-refractivity contribution is 7.22. The fraction of sp³-hybridized carbons (Fsp3) is 0.176. The first-order valence-electron chi connectivity index (χ1n) is 7.49. The van der Waals surface area contributed by atoms with Crippen LogP contribution < -0.4 is 5.32 Å². The van der Waals surface area contributed by atoms with Crippen LogP contribution in [-0.4, -0.2) is 25.7 Å². The van der Waals surface area contributed by atoms with E-state index in [1.807, 2.05) is 39.1 Å². The summed E-state index contributed by atoms with van der Waals surface area (Å²) in [6.07, 6.45) is 1.57. The number of carbonyl (C=O) groups is 1. The SMILES string of the molecule is Cc1ccc2nc(NC(=O)c3cnc4c(c3)c(C)nn4C)sc2c1. The Hall–Kier alpha value is -2.80. The molecule has 120 valence electrons. The molecule has 0 spiro atoms. The highest BCUT2D eigenvalue weighted by atomic mass is 32.1. The summed E-state index contributed by atoms with van der Waals surface area (Å²) in [7, 11) is 1.84. The van der Waals surface area contributed by atoms with Gasteiger partial charge in [0.05, 0.1) is 21.5 Å². The smallest absolute Gasteiger partial charge is 0.259 e. The minimum atomic E-state index is -0.219. The third kappa shape index (κ3) is 2.43. The van der Waals surface area contributed by atoms with E-state index in [1.165, 1.54) is 16.9 Å². The first kappa shape index (κ1) is 14.8. The van der Waals surface area contributed by atoms with Gasteiger partial charge in [0.1, 0.15) is 0 Å². The van der Waals surface area contributed by atoms with Crippen molar-refractivity contribution in [1.82, 2.24) is 19.7 Å². The average molecular weight is 337 g/mol. The molecule has 0 aliphatic heterocycles. The lowest BCUT2D eigenvalue weighted by Crippen LogP contribution is -2.12. The lowest BCUT2D eigenvalue weighted by Gasteiger charge is -2.01. The summed E-state index contributed by atoms with van der Waals surface area (Å²) in [6, 6.07) is 7.85. The maximum Gasteiger partial charge on any atom is 0.259 e. The molecule has 24 heavy (non-hydrogen) atoms. The van der Waals surface area contributed by atoms with Crippen molar-refractivity contribution in [2.24, 2.45) is 7.05 Å². The lowest BCUT2D eigenvalue weighted by molar-refractivity contribution is 0.102. The number of benzene rings is 1. The summed E-state index contributed by atoms with van der Waals surface area (Å²) in [5.41, 5.74) is 4.17. The van der Waals surface area contributed by atoms with E-state index >= 15 is 0 Å². The van der Waals surface area contributed by atoms with Gasteiger partial charge in [0.25, 0.3) is 5.91 Å². The van der Waals surface area contributed by atoms with Gasteiger partial charge in [-0.3, -0.25) is 14.8 Å². The summed E-state index contributed by atoms with van der Waals surface area (Å²) in [5.74, 6) is -0.219. The van der Waals surface area contributed by atoms with E-state index in [0.29, 0.717) is 10.7 Å². The zero-order chi connectivity index (χ0) is 16.8. The molecule has 0 atom stereocenters. The van der Waals surface area contributed by atoms with Crippen molar-refractivity contribution in [3.63, 3.8) is 0 Å². The Morgan fingerprint density at radius 2 is 2.08 bits per heavy atom. The topological polar surface area (TPSA) is 72.7 Å². The van der Waals surface area contributed by atoms with Gasteiger partial charge >= 0.3 is 0 Å². The van der Waals surface area contributed by atoms with Crippen LogP contribution in [0.5, 0.6) is 0 Å². The zero-order valence-electron chi connectivity index (χ0n) is 13.5. The summed E-state index contributed by atoms with van der Waals surface area (Å²) in [4.78, 5) is 21.3. The fourth-order valence-electron chi connectivity index (χ4n) is 2.69. The number of aromatic nitrogens is 4. The number of amides is 1. The van der Waals surface area contributed by atoms with Gasteiger partial charge in [-0.1, -0.05) is 17.4 Å². The van der Waals surface area contributed by atoms with E-state index in [-0.39, 0.29) is 5.91 Å². The van der Waals surface area contributed by atoms with Crippen LogP contribution in [0.4, 0.5) is 5.13 Å². The maximum absolute atomic E-state index is 12.5. The second-order valence-electron chi connectivity index (χ2n) is 5.75. The van der Waals surface area contributed by atoms with E-state index in [4.69, 9.17) is 0 Å². The van der Waals surface area contributed by atoms with Gasteiger partial charge in [-0.05, 0) is 37.6 Å². The molecule has 3 aromatic heterocycles. The van der Waals surface area contributed by atoms with Gasteiger partial charge in [-0.15, -0.1) is 0 Å². The second-order valence-corrected chi connectivity index (χ2v) is 6.78. The monoisotopic (exact) mass is 337 g/mol. The molecule has 7 heteroatoms. The zero-order valence-corrected chi connectivity index (χ0v) is 14.3. The van der Waals surface area contributed by atoms with E-state index in [1.54, 1.807) is 10.9 Å². The molecule has 0 aliphatic rings. The molecule has 3 heterocycles. The predicted octanol–water partition coefficient (Wildman–Crippen LogP) is 3.45. The lowest BCUT2D eigenvalue weighted by atomic mass is 10.2. The molecule has 4 aromatic rings. The largest absolute Gasteiger partial charge is 0.298 e. The number of thiazole rings is 1. The third-order valence-corrected chi connectivity index (χ3v) is 4.82. The minimum Gasteiger partial charge on any atom is -0.298 e. The van der Waals surface area contributed by atoms with Crippen molar-refractivity contribution in [2.75, 3.05) is 5.32 Å². The van der Waals surface area contributed by atoms with Crippen LogP contribution in [-0.2, 0) is 7.05 Å². The number of anilines is 1. The number of nitrogens with zero attached hydrogens (tertiary/aromatic N) is 4. The molecule has 4 rings (SSSR count). The molecular formula is C17H15N5OS. The van der Waals surface area contributed by atoms with Crippen molar-refractivity contribution >= 4 is 43.6 Å². The van der Waals surface area contributed by atoms with Gasteiger partial charge in [0.15, 0.2) is 10.8 Å². The summed E-state index contributed by atoms with van der Waals surface area (Å²) in [6.45, 7) is 3.94. The van der Waals surface area contributed by atoms with Crippen molar-refractivity contribution in [3.8, 4) is 0 Å². The highest BCUT2D eigenvalue weighted by Gasteiger charge is 2.13. The number of pyridine rings is 1. The second kappa shape index (κ2) is 5.38. The Morgan fingerprint density at radius 3 is 2.92 bits per heavy atom. The van der Waals surface area contributed by atoms with Crippen molar-refractivity contribution in [2.45, 2.75) is 13.8 Å². The van der Waals surface area contributed by atoms with Crippen LogP contribution in [0.2, 0.25) is 0 Å². The Balaban J connectivity index is 1.66. The van der Waals surface area contributed by atoms with Gasteiger partial charge in [-0.25, -0.2) is 9.97 Å². The molecular weight excluding hydrogens is 322 g/mol. The van der Waals surface area contributed by atoms with Crippen LogP contribution in [0.25, 0.3) is 21.3 Å². The summed E-state index contributed by atoms with van der Waals surface area (Å²) in [5, 5.41) is 8.65. The van der Waals surface area contributed by atoms with Crippen LogP contribution in [0.1, 0.15) is 21.6 Å². The number of hydrogen-bond acceptors (Lipinski definition) is 5. The molecule has 1 amide bonds. The maximum atomic E-state index is 12.5. The van der Waals surface area contributed by atoms with E-state index < -0.39 is 0 Å². The number of aryl methyl sites for hydroxylation is 3. The highest BCUT2D eigenvalue weighted by Crippen LogP contribution is 2.27. The first-order valence-corrected chi connectivity index (χ1v) is 8.31. The van der Waals surface area contributed by atoms with Crippen LogP contribution in [0, 0.1) is 13.8 Å². The van der Waals surface area contributed by atoms with Crippen molar-refractivity contribution in [1.29, 1.82) is 0 Å². The quantitative estimate of drug-likeness (QED) is 0.608. The number of rotatable bonds is 2. The minimum absolute atomic E-state index is 0.219. The molecule has 0 saturated carbocycles. The Bertz CT molecular complexity index is 1100. The van der Waals surface area contributed by atoms with Gasteiger partial charge in [0, 0.05) is 18.6 Å². The van der Waals surface area contributed by atoms with E-state index in [2.05, 4.69) is 26.4 Å². The third-order valence-electron chi connectivity index (χ3n) is 3.89. The number of nitrogens with one attached hydrogen (secondary N) is 1. The number of hydrogen-bond donors (Lipinski definition) is 1. The molecule has 0 radical (unpaired) electrons. The molecule has 6 nitrogen and oxygen atoms in total. The summed E-state index contributed by atoms with van der Waals surface area (Å²) < 4.78 is 2.77. The Morgan fingerprint density at radius 1 is 1.25 bits per heavy atom. The van der Waals surface area contributed by atoms with Crippen molar-refractivity contribution < 1.29 is 4.79 Å². The van der Waals surface area contributed by atoms with Gasteiger partial charge in [0.2, 0.25) is 0 Å². The normalized spacial score (nSPS) is 11.3. The fourth-order valence-corrected chi connectivity index (χ4v) is 3.65. The molecule has 1 aromatic carbocycles.